The minimum Gasteiger partial charge on any atom is -0.463 e. The van der Waals surface area contributed by atoms with Gasteiger partial charge < -0.3 is 14.5 Å². The van der Waals surface area contributed by atoms with E-state index in [0.717, 1.165) is 19.3 Å². The van der Waals surface area contributed by atoms with Crippen molar-refractivity contribution in [3.8, 4) is 0 Å². The monoisotopic (exact) mass is 362 g/mol. The van der Waals surface area contributed by atoms with E-state index in [1.807, 2.05) is 4.90 Å². The number of amides is 1. The van der Waals surface area contributed by atoms with Crippen LogP contribution >= 0.6 is 0 Å². The van der Waals surface area contributed by atoms with Crippen LogP contribution in [0.4, 0.5) is 0 Å². The molecule has 8 heteroatoms. The van der Waals surface area contributed by atoms with Crippen molar-refractivity contribution >= 4 is 17.6 Å². The average Bonchev–Trinajstić information content (AvgIpc) is 3.25. The molecule has 26 heavy (non-hydrogen) atoms. The molecule has 8 nitrogen and oxygen atoms in total. The first-order chi connectivity index (χ1) is 12.6. The highest BCUT2D eigenvalue weighted by Crippen LogP contribution is 2.39. The fourth-order valence-corrected chi connectivity index (χ4v) is 4.12. The van der Waals surface area contributed by atoms with Crippen LogP contribution in [0.25, 0.3) is 0 Å². The molecule has 0 spiro atoms. The van der Waals surface area contributed by atoms with Gasteiger partial charge in [-0.2, -0.15) is 5.10 Å². The Kier molecular flexibility index (Phi) is 5.90. The third-order valence-corrected chi connectivity index (χ3v) is 5.18. The van der Waals surface area contributed by atoms with Gasteiger partial charge in [0.15, 0.2) is 5.71 Å². The maximum atomic E-state index is 13.3. The molecule has 1 aromatic rings. The molecule has 1 aromatic heterocycles. The van der Waals surface area contributed by atoms with Crippen molar-refractivity contribution in [2.45, 2.75) is 58.0 Å². The number of aromatic amines is 1. The number of oxime groups is 1. The molecule has 1 N–H and O–H groups in total. The van der Waals surface area contributed by atoms with E-state index in [0.29, 0.717) is 11.6 Å². The molecule has 2 aliphatic rings. The maximum Gasteiger partial charge on any atom is 0.347 e. The zero-order valence-corrected chi connectivity index (χ0v) is 15.3. The van der Waals surface area contributed by atoms with Gasteiger partial charge in [-0.05, 0) is 45.1 Å². The van der Waals surface area contributed by atoms with Gasteiger partial charge in [0, 0.05) is 18.3 Å². The first-order valence-corrected chi connectivity index (χ1v) is 9.29. The Balaban J connectivity index is 1.78. The molecule has 1 aliphatic heterocycles. The van der Waals surface area contributed by atoms with Gasteiger partial charge in [-0.25, -0.2) is 4.79 Å². The van der Waals surface area contributed by atoms with Crippen molar-refractivity contribution < 1.29 is 19.2 Å². The van der Waals surface area contributed by atoms with Gasteiger partial charge in [0.2, 0.25) is 6.61 Å². The van der Waals surface area contributed by atoms with E-state index in [9.17, 15) is 9.59 Å². The number of esters is 1. The molecule has 1 saturated carbocycles. The second-order valence-electron chi connectivity index (χ2n) is 6.90. The second kappa shape index (κ2) is 8.33. The average molecular weight is 362 g/mol. The van der Waals surface area contributed by atoms with Crippen LogP contribution in [0.1, 0.15) is 51.6 Å². The summed E-state index contributed by atoms with van der Waals surface area (Å²) in [4.78, 5) is 31.8. The number of ether oxygens (including phenoxy) is 1. The van der Waals surface area contributed by atoms with Crippen LogP contribution in [-0.2, 0) is 19.2 Å². The van der Waals surface area contributed by atoms with Crippen molar-refractivity contribution in [2.75, 3.05) is 13.2 Å². The molecule has 2 heterocycles. The van der Waals surface area contributed by atoms with E-state index >= 15 is 0 Å². The lowest BCUT2D eigenvalue weighted by Gasteiger charge is -2.33. The van der Waals surface area contributed by atoms with E-state index in [-0.39, 0.29) is 36.9 Å². The van der Waals surface area contributed by atoms with E-state index in [4.69, 9.17) is 9.57 Å². The predicted molar refractivity (Wildman–Crippen MR) is 94.4 cm³/mol. The Morgan fingerprint density at radius 3 is 2.92 bits per heavy atom. The summed E-state index contributed by atoms with van der Waals surface area (Å²) in [6.45, 7) is 3.74. The Hall–Kier alpha value is -2.38. The first kappa shape index (κ1) is 18.4. The number of hydrogen-bond donors (Lipinski definition) is 1. The SMILES string of the molecule is CCOC(=O)CON=C(C(=O)N1C(C)CC2CCCCC21)c1ccn[nH]1. The molecule has 0 radical (unpaired) electrons. The fourth-order valence-electron chi connectivity index (χ4n) is 4.12. The minimum absolute atomic E-state index is 0.143. The molecule has 1 aliphatic carbocycles. The fraction of sp³-hybridized carbons (Fsp3) is 0.667. The summed E-state index contributed by atoms with van der Waals surface area (Å²) in [5, 5.41) is 10.6. The summed E-state index contributed by atoms with van der Waals surface area (Å²) in [5.74, 6) is -0.138. The van der Waals surface area contributed by atoms with Crippen molar-refractivity contribution in [3.05, 3.63) is 18.0 Å². The number of fused-ring (bicyclic) bond motifs is 1. The molecule has 0 bridgehead atoms. The number of aromatic nitrogens is 2. The van der Waals surface area contributed by atoms with E-state index in [1.54, 1.807) is 19.2 Å². The van der Waals surface area contributed by atoms with Gasteiger partial charge in [-0.3, -0.25) is 9.89 Å². The molecule has 2 fully saturated rings. The highest BCUT2D eigenvalue weighted by Gasteiger charge is 2.44. The molecular formula is C18H26N4O4. The topological polar surface area (TPSA) is 96.9 Å². The highest BCUT2D eigenvalue weighted by molar-refractivity contribution is 6.44. The molecule has 142 valence electrons. The standard InChI is InChI=1S/C18H26N4O4/c1-3-25-16(23)11-26-21-17(14-8-9-19-20-14)18(24)22-12(2)10-13-6-4-5-7-15(13)22/h8-9,12-13,15H,3-7,10-11H2,1-2H3,(H,19,20). The van der Waals surface area contributed by atoms with Crippen LogP contribution in [0.3, 0.4) is 0 Å². The van der Waals surface area contributed by atoms with Crippen LogP contribution in [0.15, 0.2) is 17.4 Å². The number of nitrogens with zero attached hydrogens (tertiary/aromatic N) is 3. The lowest BCUT2D eigenvalue weighted by molar-refractivity contribution is -0.148. The number of nitrogens with one attached hydrogen (secondary N) is 1. The van der Waals surface area contributed by atoms with Crippen LogP contribution in [0, 0.1) is 5.92 Å². The summed E-state index contributed by atoms with van der Waals surface area (Å²) in [5.41, 5.74) is 0.621. The Morgan fingerprint density at radius 2 is 2.19 bits per heavy atom. The van der Waals surface area contributed by atoms with Crippen molar-refractivity contribution in [2.24, 2.45) is 11.1 Å². The summed E-state index contributed by atoms with van der Waals surface area (Å²) in [7, 11) is 0. The maximum absolute atomic E-state index is 13.3. The Labute approximate surface area is 152 Å². The van der Waals surface area contributed by atoms with Crippen LogP contribution in [0.5, 0.6) is 0 Å². The van der Waals surface area contributed by atoms with Crippen molar-refractivity contribution in [1.29, 1.82) is 0 Å². The lowest BCUT2D eigenvalue weighted by Crippen LogP contribution is -2.46. The molecule has 1 saturated heterocycles. The number of H-pyrrole nitrogens is 1. The van der Waals surface area contributed by atoms with Crippen LogP contribution in [-0.4, -0.2) is 58.0 Å². The molecule has 3 unspecified atom stereocenters. The van der Waals surface area contributed by atoms with E-state index < -0.39 is 5.97 Å². The van der Waals surface area contributed by atoms with Crippen LogP contribution < -0.4 is 0 Å². The largest absolute Gasteiger partial charge is 0.463 e. The number of rotatable bonds is 6. The minimum atomic E-state index is -0.519. The molecular weight excluding hydrogens is 336 g/mol. The molecule has 3 rings (SSSR count). The molecule has 3 atom stereocenters. The second-order valence-corrected chi connectivity index (χ2v) is 6.90. The summed E-state index contributed by atoms with van der Waals surface area (Å²) in [6, 6.07) is 2.09. The first-order valence-electron chi connectivity index (χ1n) is 9.29. The predicted octanol–water partition coefficient (Wildman–Crippen LogP) is 1.87. The molecule has 1 amide bonds. The van der Waals surface area contributed by atoms with E-state index in [2.05, 4.69) is 22.3 Å². The van der Waals surface area contributed by atoms with Crippen LogP contribution in [0.2, 0.25) is 0 Å². The van der Waals surface area contributed by atoms with Gasteiger partial charge in [-0.15, -0.1) is 0 Å². The zero-order valence-electron chi connectivity index (χ0n) is 15.3. The number of carbonyl (C=O) groups is 2. The third kappa shape index (κ3) is 3.89. The van der Waals surface area contributed by atoms with Crippen molar-refractivity contribution in [1.82, 2.24) is 15.1 Å². The summed E-state index contributed by atoms with van der Waals surface area (Å²) < 4.78 is 4.81. The number of carbonyl (C=O) groups excluding carboxylic acids is 2. The normalized spacial score (nSPS) is 25.7. The van der Waals surface area contributed by atoms with Gasteiger partial charge in [0.1, 0.15) is 0 Å². The van der Waals surface area contributed by atoms with Gasteiger partial charge in [0.05, 0.1) is 12.3 Å². The summed E-state index contributed by atoms with van der Waals surface area (Å²) >= 11 is 0. The van der Waals surface area contributed by atoms with Crippen molar-refractivity contribution in [3.63, 3.8) is 0 Å². The quantitative estimate of drug-likeness (QED) is 0.473. The smallest absolute Gasteiger partial charge is 0.347 e. The van der Waals surface area contributed by atoms with Gasteiger partial charge in [0.25, 0.3) is 5.91 Å². The third-order valence-electron chi connectivity index (χ3n) is 5.18. The number of likely N-dealkylation sites (tertiary alicyclic amines) is 1. The zero-order chi connectivity index (χ0) is 18.5. The Morgan fingerprint density at radius 1 is 1.38 bits per heavy atom. The Bertz CT molecular complexity index is 658. The highest BCUT2D eigenvalue weighted by atomic mass is 16.7. The summed E-state index contributed by atoms with van der Waals surface area (Å²) in [6.07, 6.45) is 7.17. The van der Waals surface area contributed by atoms with E-state index in [1.165, 1.54) is 12.8 Å². The molecule has 0 aromatic carbocycles. The van der Waals surface area contributed by atoms with Gasteiger partial charge >= 0.3 is 5.97 Å². The number of hydrogen-bond acceptors (Lipinski definition) is 6. The van der Waals surface area contributed by atoms with Gasteiger partial charge in [-0.1, -0.05) is 18.0 Å². The lowest BCUT2D eigenvalue weighted by atomic mass is 9.85.